The average molecular weight is 727 g/mol. The van der Waals surface area contributed by atoms with Crippen LogP contribution in [0.25, 0.3) is 0 Å². The smallest absolute Gasteiger partial charge is 0.243 e. The summed E-state index contributed by atoms with van der Waals surface area (Å²) in [5, 5.41) is 10.6. The molecule has 0 aromatic heterocycles. The van der Waals surface area contributed by atoms with Crippen molar-refractivity contribution in [1.82, 2.24) is 26.2 Å². The summed E-state index contributed by atoms with van der Waals surface area (Å²) in [6.45, 7) is -0.265. The SMILES string of the molecule is [2H]C1([2H])COCC([2H])([2H])N1CC(=O)N[C@@H](CCc1ccccc1)C(=O)N[C@@H](CC(C)C)C(=O)N[C@@H](Cc1ccccc1)C(=O)N[C@]([2H])(CC(C)C)C(=O)[C@]1(C)OC1([2H])[2H]. The van der Waals surface area contributed by atoms with Crippen LogP contribution in [-0.2, 0) is 46.3 Å². The number of epoxide rings is 1. The van der Waals surface area contributed by atoms with Gasteiger partial charge in [-0.1, -0.05) is 88.4 Å². The topological polar surface area (TPSA) is 158 Å². The summed E-state index contributed by atoms with van der Waals surface area (Å²) in [7, 11) is 0. The van der Waals surface area contributed by atoms with Crippen molar-refractivity contribution < 1.29 is 43.0 Å². The second-order valence-electron chi connectivity index (χ2n) is 14.1. The maximum absolute atomic E-state index is 14.2. The van der Waals surface area contributed by atoms with Crippen LogP contribution in [0.3, 0.4) is 0 Å². The van der Waals surface area contributed by atoms with Crippen LogP contribution in [0.2, 0.25) is 0 Å². The number of benzene rings is 2. The van der Waals surface area contributed by atoms with Crippen molar-refractivity contribution in [3.63, 3.8) is 0 Å². The van der Waals surface area contributed by atoms with Crippen LogP contribution in [0.1, 0.15) is 74.6 Å². The van der Waals surface area contributed by atoms with Gasteiger partial charge in [0.1, 0.15) is 23.7 Å². The number of ketones is 1. The third-order valence-electron chi connectivity index (χ3n) is 8.49. The zero-order chi connectivity index (χ0) is 44.0. The molecule has 12 heteroatoms. The fourth-order valence-corrected chi connectivity index (χ4v) is 5.68. The molecule has 2 aromatic carbocycles. The highest BCUT2D eigenvalue weighted by molar-refractivity contribution is 5.98. The number of nitrogens with one attached hydrogen (secondary N) is 4. The van der Waals surface area contributed by atoms with Crippen LogP contribution in [0.5, 0.6) is 0 Å². The van der Waals surface area contributed by atoms with E-state index in [4.69, 9.17) is 19.1 Å². The van der Waals surface area contributed by atoms with Gasteiger partial charge in [0.2, 0.25) is 23.6 Å². The zero-order valence-corrected chi connectivity index (χ0v) is 30.6. The predicted octanol–water partition coefficient (Wildman–Crippen LogP) is 2.58. The molecule has 2 fully saturated rings. The van der Waals surface area contributed by atoms with Gasteiger partial charge in [-0.05, 0) is 55.6 Å². The Hall–Kier alpha value is -4.13. The van der Waals surface area contributed by atoms with Gasteiger partial charge >= 0.3 is 0 Å². The van der Waals surface area contributed by atoms with E-state index in [2.05, 4.69) is 21.3 Å². The van der Waals surface area contributed by atoms with Gasteiger partial charge in [-0.3, -0.25) is 28.9 Å². The lowest BCUT2D eigenvalue weighted by atomic mass is 9.93. The summed E-state index contributed by atoms with van der Waals surface area (Å²) in [5.74, 6) is -4.64. The first-order valence-corrected chi connectivity index (χ1v) is 17.8. The molecule has 2 aromatic rings. The Labute approximate surface area is 318 Å². The Morgan fingerprint density at radius 3 is 1.88 bits per heavy atom. The van der Waals surface area contributed by atoms with E-state index in [1.807, 2.05) is 44.2 Å². The molecule has 2 aliphatic rings. The molecule has 2 saturated heterocycles. The van der Waals surface area contributed by atoms with Crippen molar-refractivity contribution in [1.29, 1.82) is 0 Å². The van der Waals surface area contributed by atoms with E-state index in [0.717, 1.165) is 10.5 Å². The Balaban J connectivity index is 1.59. The molecule has 0 bridgehead atoms. The normalized spacial score (nSPS) is 25.1. The molecule has 284 valence electrons. The Morgan fingerprint density at radius 1 is 0.769 bits per heavy atom. The molecule has 0 radical (unpaired) electrons. The lowest BCUT2D eigenvalue weighted by Crippen LogP contribution is -2.59. The zero-order valence-electron chi connectivity index (χ0n) is 37.6. The van der Waals surface area contributed by atoms with E-state index >= 15 is 0 Å². The lowest BCUT2D eigenvalue weighted by Gasteiger charge is -2.29. The molecule has 0 aliphatic carbocycles. The highest BCUT2D eigenvalue weighted by atomic mass is 16.6. The van der Waals surface area contributed by atoms with Gasteiger partial charge < -0.3 is 30.7 Å². The van der Waals surface area contributed by atoms with E-state index in [1.165, 1.54) is 6.92 Å². The molecular formula is C40H57N5O7. The van der Waals surface area contributed by atoms with Gasteiger partial charge in [0.05, 0.1) is 36.4 Å². The molecule has 12 nitrogen and oxygen atoms in total. The van der Waals surface area contributed by atoms with Crippen molar-refractivity contribution in [3.8, 4) is 0 Å². The minimum atomic E-state index is -2.33. The van der Waals surface area contributed by atoms with Crippen LogP contribution in [-0.4, -0.2) is 103 Å². The van der Waals surface area contributed by atoms with Crippen LogP contribution in [0.4, 0.5) is 0 Å². The number of Topliss-reactive ketones (excluding diaryl/α,β-unsaturated/α-hetero) is 1. The number of ether oxygens (including phenoxy) is 2. The number of aryl methyl sites for hydroxylation is 1. The molecule has 2 heterocycles. The molecule has 2 aliphatic heterocycles. The number of rotatable bonds is 20. The molecular weight excluding hydrogens is 662 g/mol. The highest BCUT2D eigenvalue weighted by Gasteiger charge is 2.50. The fraction of sp³-hybridized carbons (Fsp3) is 0.575. The van der Waals surface area contributed by atoms with Gasteiger partial charge in [-0.25, -0.2) is 0 Å². The fourth-order valence-electron chi connectivity index (χ4n) is 5.68. The molecule has 4 N–H and O–H groups in total. The summed E-state index contributed by atoms with van der Waals surface area (Å²) in [4.78, 5) is 70.3. The average Bonchev–Trinajstić information content (AvgIpc) is 3.67. The molecule has 52 heavy (non-hydrogen) atoms. The predicted molar refractivity (Wildman–Crippen MR) is 198 cm³/mol. The molecule has 0 spiro atoms. The summed E-state index contributed by atoms with van der Waals surface area (Å²) in [6.07, 6.45) is 0.245. The van der Waals surface area contributed by atoms with Gasteiger partial charge in [0, 0.05) is 24.9 Å². The number of carbonyl (C=O) groups is 5. The second kappa shape index (κ2) is 19.6. The van der Waals surface area contributed by atoms with Gasteiger partial charge in [0.25, 0.3) is 0 Å². The van der Waals surface area contributed by atoms with E-state index < -0.39 is 98.5 Å². The monoisotopic (exact) mass is 726 g/mol. The van der Waals surface area contributed by atoms with Gasteiger partial charge in [0.15, 0.2) is 5.78 Å². The first-order chi connectivity index (χ1) is 27.4. The van der Waals surface area contributed by atoms with Crippen molar-refractivity contribution in [3.05, 3.63) is 71.8 Å². The highest BCUT2D eigenvalue weighted by Crippen LogP contribution is 2.29. The van der Waals surface area contributed by atoms with Crippen LogP contribution < -0.4 is 21.3 Å². The standard InChI is InChI=1S/C40H57N5O7/c1-27(2)22-32(36(47)40(5)26-52-40)42-39(50)34(24-30-14-10-7-11-15-30)44-38(49)33(23-28(3)4)43-37(48)31(17-16-29-12-8-6-9-13-29)41-35(46)25-45-18-20-51-21-19-45/h6-15,27-28,31-34H,16-26H2,1-5H3,(H,41,46)(H,42,50)(H,43,48)(H,44,49)/t31-,32+,33-,34-,40+/m0/s1/i18D2,19D2,26D2,32D. The van der Waals surface area contributed by atoms with Crippen LogP contribution in [0, 0.1) is 11.8 Å². The van der Waals surface area contributed by atoms with Crippen molar-refractivity contribution in [2.24, 2.45) is 11.8 Å². The maximum atomic E-state index is 14.2. The number of hydrogen-bond acceptors (Lipinski definition) is 8. The number of carbonyl (C=O) groups excluding carboxylic acids is 5. The summed E-state index contributed by atoms with van der Waals surface area (Å²) >= 11 is 0. The van der Waals surface area contributed by atoms with E-state index in [9.17, 15) is 24.0 Å². The summed E-state index contributed by atoms with van der Waals surface area (Å²) < 4.78 is 68.2. The van der Waals surface area contributed by atoms with Crippen molar-refractivity contribution in [2.75, 3.05) is 39.3 Å². The number of nitrogens with zero attached hydrogens (tertiary/aromatic N) is 1. The summed E-state index contributed by atoms with van der Waals surface area (Å²) in [6, 6.07) is 11.7. The molecule has 4 amide bonds. The van der Waals surface area contributed by atoms with Crippen molar-refractivity contribution >= 4 is 29.4 Å². The van der Waals surface area contributed by atoms with Crippen LogP contribution in [0.15, 0.2) is 60.7 Å². The quantitative estimate of drug-likeness (QED) is 0.152. The number of morpholine rings is 1. The summed E-state index contributed by atoms with van der Waals surface area (Å²) in [5.41, 5.74) is -0.478. The molecule has 0 saturated carbocycles. The van der Waals surface area contributed by atoms with Crippen LogP contribution >= 0.6 is 0 Å². The number of amides is 4. The van der Waals surface area contributed by atoms with E-state index in [-0.39, 0.29) is 37.5 Å². The molecule has 4 rings (SSSR count). The molecule has 0 unspecified atom stereocenters. The third-order valence-corrected chi connectivity index (χ3v) is 8.49. The van der Waals surface area contributed by atoms with E-state index in [1.54, 1.807) is 44.2 Å². The van der Waals surface area contributed by atoms with Gasteiger partial charge in [-0.2, -0.15) is 0 Å². The Bertz CT molecular complexity index is 1790. The Morgan fingerprint density at radius 2 is 1.31 bits per heavy atom. The first kappa shape index (κ1) is 31.4. The molecule has 5 atom stereocenters. The minimum Gasteiger partial charge on any atom is -0.379 e. The number of hydrogen-bond donors (Lipinski definition) is 4. The minimum absolute atomic E-state index is 0.0650. The first-order valence-electron chi connectivity index (χ1n) is 21.3. The maximum Gasteiger partial charge on any atom is 0.243 e. The van der Waals surface area contributed by atoms with E-state index in [0.29, 0.717) is 12.0 Å². The Kier molecular flexibility index (Phi) is 11.9. The third kappa shape index (κ3) is 13.1. The second-order valence-corrected chi connectivity index (χ2v) is 14.1. The van der Waals surface area contributed by atoms with Gasteiger partial charge in [-0.15, -0.1) is 0 Å². The lowest BCUT2D eigenvalue weighted by molar-refractivity contribution is -0.135. The largest absolute Gasteiger partial charge is 0.379 e. The van der Waals surface area contributed by atoms with Crippen molar-refractivity contribution in [2.45, 2.75) is 96.5 Å².